The maximum atomic E-state index is 3.49. The van der Waals surface area contributed by atoms with E-state index in [1.54, 1.807) is 0 Å². The molecule has 0 aromatic carbocycles. The van der Waals surface area contributed by atoms with Gasteiger partial charge in [-0.1, -0.05) is 13.8 Å². The molecule has 0 radical (unpaired) electrons. The Hall–Kier alpha value is -0.0800. The Kier molecular flexibility index (Phi) is 4.74. The van der Waals surface area contributed by atoms with Crippen molar-refractivity contribution in [1.82, 2.24) is 10.2 Å². The molecule has 2 heteroatoms. The highest BCUT2D eigenvalue weighted by atomic mass is 15.2. The monoisotopic (exact) mass is 184 g/mol. The van der Waals surface area contributed by atoms with Gasteiger partial charge in [0, 0.05) is 18.6 Å². The highest BCUT2D eigenvalue weighted by Crippen LogP contribution is 2.27. The van der Waals surface area contributed by atoms with Gasteiger partial charge in [0.25, 0.3) is 0 Å². The van der Waals surface area contributed by atoms with Gasteiger partial charge >= 0.3 is 0 Å². The molecule has 1 atom stereocenters. The number of hydrogen-bond acceptors (Lipinski definition) is 2. The normalized spacial score (nSPS) is 19.4. The lowest BCUT2D eigenvalue weighted by Crippen LogP contribution is -2.41. The van der Waals surface area contributed by atoms with E-state index in [4.69, 9.17) is 0 Å². The maximum absolute atomic E-state index is 3.49. The van der Waals surface area contributed by atoms with Crippen molar-refractivity contribution < 1.29 is 0 Å². The van der Waals surface area contributed by atoms with Gasteiger partial charge in [0.2, 0.25) is 0 Å². The Morgan fingerprint density at radius 3 is 2.54 bits per heavy atom. The minimum Gasteiger partial charge on any atom is -0.315 e. The molecule has 1 rings (SSSR count). The van der Waals surface area contributed by atoms with Crippen LogP contribution in [0.3, 0.4) is 0 Å². The predicted octanol–water partition coefficient (Wildman–Crippen LogP) is 1.86. The van der Waals surface area contributed by atoms with Gasteiger partial charge in [-0.05, 0) is 39.3 Å². The molecule has 1 N–H and O–H groups in total. The van der Waals surface area contributed by atoms with Crippen LogP contribution < -0.4 is 5.32 Å². The van der Waals surface area contributed by atoms with Crippen molar-refractivity contribution >= 4 is 0 Å². The maximum Gasteiger partial charge on any atom is 0.0195 e. The molecule has 0 saturated heterocycles. The summed E-state index contributed by atoms with van der Waals surface area (Å²) >= 11 is 0. The van der Waals surface area contributed by atoms with E-state index < -0.39 is 0 Å². The second-order valence-electron chi connectivity index (χ2n) is 4.11. The third kappa shape index (κ3) is 3.65. The van der Waals surface area contributed by atoms with E-state index >= 15 is 0 Å². The average Bonchev–Trinajstić information content (AvgIpc) is 2.90. The second-order valence-corrected chi connectivity index (χ2v) is 4.11. The Bertz CT molecular complexity index is 132. The van der Waals surface area contributed by atoms with Crippen LogP contribution in [0.5, 0.6) is 0 Å². The summed E-state index contributed by atoms with van der Waals surface area (Å²) in [6.07, 6.45) is 4.08. The summed E-state index contributed by atoms with van der Waals surface area (Å²) in [7, 11) is 0. The number of hydrogen-bond donors (Lipinski definition) is 1. The molecule has 13 heavy (non-hydrogen) atoms. The molecule has 0 spiro atoms. The van der Waals surface area contributed by atoms with E-state index in [1.165, 1.54) is 25.8 Å². The summed E-state index contributed by atoms with van der Waals surface area (Å²) in [6.45, 7) is 10.3. The van der Waals surface area contributed by atoms with Crippen LogP contribution in [-0.2, 0) is 0 Å². The molecule has 1 unspecified atom stereocenters. The Morgan fingerprint density at radius 2 is 2.08 bits per heavy atom. The van der Waals surface area contributed by atoms with Crippen LogP contribution in [0.2, 0.25) is 0 Å². The zero-order chi connectivity index (χ0) is 9.68. The van der Waals surface area contributed by atoms with Crippen LogP contribution >= 0.6 is 0 Å². The Morgan fingerprint density at radius 1 is 1.38 bits per heavy atom. The van der Waals surface area contributed by atoms with Crippen LogP contribution in [0, 0.1) is 0 Å². The Labute approximate surface area is 82.7 Å². The highest BCUT2D eigenvalue weighted by molar-refractivity contribution is 4.87. The van der Waals surface area contributed by atoms with Crippen LogP contribution in [-0.4, -0.2) is 36.6 Å². The summed E-state index contributed by atoms with van der Waals surface area (Å²) in [4.78, 5) is 2.63. The highest BCUT2D eigenvalue weighted by Gasteiger charge is 2.30. The summed E-state index contributed by atoms with van der Waals surface area (Å²) in [5.41, 5.74) is 0. The fraction of sp³-hybridized carbons (Fsp3) is 1.00. The van der Waals surface area contributed by atoms with Crippen LogP contribution in [0.15, 0.2) is 0 Å². The largest absolute Gasteiger partial charge is 0.315 e. The molecule has 0 aromatic rings. The second kappa shape index (κ2) is 5.61. The van der Waals surface area contributed by atoms with Gasteiger partial charge in [-0.2, -0.15) is 0 Å². The fourth-order valence-corrected chi connectivity index (χ4v) is 1.94. The predicted molar refractivity (Wildman–Crippen MR) is 58.0 cm³/mol. The molecule has 1 fully saturated rings. The van der Waals surface area contributed by atoms with Crippen molar-refractivity contribution in [2.24, 2.45) is 0 Å². The molecule has 78 valence electrons. The molecule has 1 aliphatic carbocycles. The lowest BCUT2D eigenvalue weighted by molar-refractivity contribution is 0.205. The van der Waals surface area contributed by atoms with E-state index in [1.807, 2.05) is 0 Å². The van der Waals surface area contributed by atoms with Gasteiger partial charge in [0.15, 0.2) is 0 Å². The number of nitrogens with one attached hydrogen (secondary N) is 1. The Balaban J connectivity index is 2.15. The van der Waals surface area contributed by atoms with Crippen molar-refractivity contribution in [3.05, 3.63) is 0 Å². The summed E-state index contributed by atoms with van der Waals surface area (Å²) in [6, 6.07) is 1.62. The van der Waals surface area contributed by atoms with Crippen LogP contribution in [0.1, 0.15) is 40.0 Å². The van der Waals surface area contributed by atoms with E-state index in [0.717, 1.165) is 19.1 Å². The lowest BCUT2D eigenvalue weighted by atomic mass is 10.2. The standard InChI is InChI=1S/C11H24N2/c1-4-8-12-9-10(3)13(5-2)11-6-7-11/h10-12H,4-9H2,1-3H3. The van der Waals surface area contributed by atoms with Gasteiger partial charge < -0.3 is 5.32 Å². The molecular weight excluding hydrogens is 160 g/mol. The molecular formula is C11H24N2. The topological polar surface area (TPSA) is 15.3 Å². The first-order valence-corrected chi connectivity index (χ1v) is 5.76. The fourth-order valence-electron chi connectivity index (χ4n) is 1.94. The molecule has 0 bridgehead atoms. The van der Waals surface area contributed by atoms with Crippen molar-refractivity contribution in [3.8, 4) is 0 Å². The third-order valence-electron chi connectivity index (χ3n) is 2.81. The number of rotatable bonds is 7. The van der Waals surface area contributed by atoms with Gasteiger partial charge in [0.1, 0.15) is 0 Å². The van der Waals surface area contributed by atoms with E-state index in [-0.39, 0.29) is 0 Å². The summed E-state index contributed by atoms with van der Waals surface area (Å²) in [5, 5.41) is 3.49. The molecule has 1 saturated carbocycles. The smallest absolute Gasteiger partial charge is 0.0195 e. The SMILES string of the molecule is CCCNCC(C)N(CC)C1CC1. The quantitative estimate of drug-likeness (QED) is 0.608. The van der Waals surface area contributed by atoms with Crippen LogP contribution in [0.4, 0.5) is 0 Å². The van der Waals surface area contributed by atoms with E-state index in [2.05, 4.69) is 31.0 Å². The van der Waals surface area contributed by atoms with Gasteiger partial charge in [0.05, 0.1) is 0 Å². The summed E-state index contributed by atoms with van der Waals surface area (Å²) in [5.74, 6) is 0. The number of nitrogens with zero attached hydrogens (tertiary/aromatic N) is 1. The van der Waals surface area contributed by atoms with Crippen LogP contribution in [0.25, 0.3) is 0 Å². The van der Waals surface area contributed by atoms with Crippen molar-refractivity contribution in [2.75, 3.05) is 19.6 Å². The van der Waals surface area contributed by atoms with Gasteiger partial charge in [-0.25, -0.2) is 0 Å². The van der Waals surface area contributed by atoms with Crippen molar-refractivity contribution in [2.45, 2.75) is 52.1 Å². The third-order valence-corrected chi connectivity index (χ3v) is 2.81. The van der Waals surface area contributed by atoms with Crippen molar-refractivity contribution in [3.63, 3.8) is 0 Å². The zero-order valence-corrected chi connectivity index (χ0v) is 9.34. The van der Waals surface area contributed by atoms with E-state index in [9.17, 15) is 0 Å². The van der Waals surface area contributed by atoms with Crippen molar-refractivity contribution in [1.29, 1.82) is 0 Å². The zero-order valence-electron chi connectivity index (χ0n) is 9.34. The van der Waals surface area contributed by atoms with E-state index in [0.29, 0.717) is 6.04 Å². The minimum absolute atomic E-state index is 0.712. The first-order valence-electron chi connectivity index (χ1n) is 5.76. The summed E-state index contributed by atoms with van der Waals surface area (Å²) < 4.78 is 0. The molecule has 2 nitrogen and oxygen atoms in total. The average molecular weight is 184 g/mol. The lowest BCUT2D eigenvalue weighted by Gasteiger charge is -2.27. The number of likely N-dealkylation sites (N-methyl/N-ethyl adjacent to an activating group) is 1. The van der Waals surface area contributed by atoms with Gasteiger partial charge in [-0.3, -0.25) is 4.90 Å². The van der Waals surface area contributed by atoms with Gasteiger partial charge in [-0.15, -0.1) is 0 Å². The molecule has 0 aliphatic heterocycles. The first kappa shape index (κ1) is 11.0. The molecule has 0 amide bonds. The minimum atomic E-state index is 0.712. The molecule has 0 aromatic heterocycles. The molecule has 0 heterocycles. The molecule has 1 aliphatic rings. The first-order chi connectivity index (χ1) is 6.29.